The Hall–Kier alpha value is -1.96. The van der Waals surface area contributed by atoms with Crippen LogP contribution in [0.15, 0.2) is 22.7 Å². The third-order valence-corrected chi connectivity index (χ3v) is 4.26. The SMILES string of the molecule is CCOC(=O)CC(c1cc(F)ccc1Br)C(C(=O)OCC)C(=O)OCC. The lowest BCUT2D eigenvalue weighted by Gasteiger charge is -2.25. The number of benzene rings is 1. The molecule has 1 aromatic carbocycles. The summed E-state index contributed by atoms with van der Waals surface area (Å²) in [6, 6.07) is 3.83. The summed E-state index contributed by atoms with van der Waals surface area (Å²) in [6.07, 6.45) is -0.307. The van der Waals surface area contributed by atoms with Gasteiger partial charge in [-0.3, -0.25) is 14.4 Å². The molecule has 8 heteroatoms. The van der Waals surface area contributed by atoms with Crippen molar-refractivity contribution in [2.45, 2.75) is 33.1 Å². The van der Waals surface area contributed by atoms with Crippen LogP contribution in [0.1, 0.15) is 38.7 Å². The van der Waals surface area contributed by atoms with Crippen LogP contribution in [0.25, 0.3) is 0 Å². The minimum absolute atomic E-state index is 0.0468. The molecule has 0 heterocycles. The summed E-state index contributed by atoms with van der Waals surface area (Å²) in [7, 11) is 0. The fourth-order valence-electron chi connectivity index (χ4n) is 2.49. The van der Waals surface area contributed by atoms with E-state index < -0.39 is 35.6 Å². The normalized spacial score (nSPS) is 11.8. The molecule has 0 fully saturated rings. The van der Waals surface area contributed by atoms with Crippen LogP contribution in [-0.4, -0.2) is 37.7 Å². The first-order chi connectivity index (χ1) is 12.3. The molecule has 0 radical (unpaired) electrons. The molecule has 0 saturated carbocycles. The minimum atomic E-state index is -1.42. The molecular weight excluding hydrogens is 411 g/mol. The first-order valence-corrected chi connectivity index (χ1v) is 9.08. The maximum Gasteiger partial charge on any atom is 0.320 e. The zero-order valence-corrected chi connectivity index (χ0v) is 16.5. The van der Waals surface area contributed by atoms with E-state index in [-0.39, 0.29) is 31.8 Å². The standard InChI is InChI=1S/C18H22BrFO6/c1-4-24-15(21)10-13(12-9-11(20)7-8-14(12)19)16(17(22)25-5-2)18(23)26-6-3/h7-9,13,16H,4-6,10H2,1-3H3. The maximum atomic E-state index is 13.8. The van der Waals surface area contributed by atoms with Crippen LogP contribution in [-0.2, 0) is 28.6 Å². The fourth-order valence-corrected chi connectivity index (χ4v) is 3.04. The van der Waals surface area contributed by atoms with E-state index in [0.29, 0.717) is 4.47 Å². The number of esters is 3. The highest BCUT2D eigenvalue weighted by atomic mass is 79.9. The Morgan fingerprint density at radius 1 is 1.00 bits per heavy atom. The molecule has 0 N–H and O–H groups in total. The van der Waals surface area contributed by atoms with Crippen molar-refractivity contribution < 1.29 is 33.0 Å². The Bertz CT molecular complexity index is 631. The topological polar surface area (TPSA) is 78.9 Å². The zero-order valence-electron chi connectivity index (χ0n) is 14.9. The van der Waals surface area contributed by atoms with Crippen LogP contribution >= 0.6 is 15.9 Å². The third-order valence-electron chi connectivity index (χ3n) is 3.53. The molecule has 0 aliphatic heterocycles. The van der Waals surface area contributed by atoms with Crippen molar-refractivity contribution in [3.63, 3.8) is 0 Å². The number of halogens is 2. The van der Waals surface area contributed by atoms with Crippen LogP contribution in [0, 0.1) is 11.7 Å². The largest absolute Gasteiger partial charge is 0.466 e. The van der Waals surface area contributed by atoms with Gasteiger partial charge in [-0.05, 0) is 44.5 Å². The van der Waals surface area contributed by atoms with E-state index in [1.54, 1.807) is 20.8 Å². The van der Waals surface area contributed by atoms with Crippen molar-refractivity contribution >= 4 is 33.8 Å². The highest BCUT2D eigenvalue weighted by Gasteiger charge is 2.40. The molecule has 0 aliphatic rings. The molecule has 144 valence electrons. The van der Waals surface area contributed by atoms with E-state index in [1.165, 1.54) is 18.2 Å². The van der Waals surface area contributed by atoms with E-state index in [2.05, 4.69) is 15.9 Å². The quantitative estimate of drug-likeness (QED) is 0.338. The lowest BCUT2D eigenvalue weighted by atomic mass is 9.83. The van der Waals surface area contributed by atoms with Crippen LogP contribution in [0.3, 0.4) is 0 Å². The average Bonchev–Trinajstić information content (AvgIpc) is 2.57. The lowest BCUT2D eigenvalue weighted by Crippen LogP contribution is -2.35. The van der Waals surface area contributed by atoms with E-state index in [1.807, 2.05) is 0 Å². The van der Waals surface area contributed by atoms with Gasteiger partial charge in [-0.25, -0.2) is 4.39 Å². The van der Waals surface area contributed by atoms with Crippen molar-refractivity contribution in [1.82, 2.24) is 0 Å². The summed E-state index contributed by atoms with van der Waals surface area (Å²) in [5.41, 5.74) is 0.282. The van der Waals surface area contributed by atoms with Crippen molar-refractivity contribution in [2.24, 2.45) is 5.92 Å². The van der Waals surface area contributed by atoms with Crippen LogP contribution in [0.5, 0.6) is 0 Å². The second-order valence-electron chi connectivity index (χ2n) is 5.26. The van der Waals surface area contributed by atoms with Crippen LogP contribution in [0.4, 0.5) is 4.39 Å². The van der Waals surface area contributed by atoms with E-state index in [4.69, 9.17) is 14.2 Å². The van der Waals surface area contributed by atoms with Gasteiger partial charge in [0.05, 0.1) is 26.2 Å². The Morgan fingerprint density at radius 2 is 1.54 bits per heavy atom. The molecule has 0 spiro atoms. The molecule has 0 amide bonds. The van der Waals surface area contributed by atoms with Crippen molar-refractivity contribution in [2.75, 3.05) is 19.8 Å². The Morgan fingerprint density at radius 3 is 2.04 bits per heavy atom. The molecule has 1 atom stereocenters. The first-order valence-electron chi connectivity index (χ1n) is 8.29. The van der Waals surface area contributed by atoms with Gasteiger partial charge in [0.1, 0.15) is 5.82 Å². The average molecular weight is 433 g/mol. The molecule has 1 unspecified atom stereocenters. The van der Waals surface area contributed by atoms with Crippen molar-refractivity contribution in [1.29, 1.82) is 0 Å². The van der Waals surface area contributed by atoms with Crippen molar-refractivity contribution in [3.8, 4) is 0 Å². The Labute approximate surface area is 160 Å². The Balaban J connectivity index is 3.40. The molecule has 1 rings (SSSR count). The van der Waals surface area contributed by atoms with Gasteiger partial charge in [0, 0.05) is 10.4 Å². The predicted octanol–water partition coefficient (Wildman–Crippen LogP) is 3.37. The minimum Gasteiger partial charge on any atom is -0.466 e. The molecule has 26 heavy (non-hydrogen) atoms. The summed E-state index contributed by atoms with van der Waals surface area (Å²) in [5, 5.41) is 0. The highest BCUT2D eigenvalue weighted by Crippen LogP contribution is 2.36. The van der Waals surface area contributed by atoms with E-state index in [9.17, 15) is 18.8 Å². The molecule has 0 aliphatic carbocycles. The fraction of sp³-hybridized carbons (Fsp3) is 0.500. The van der Waals surface area contributed by atoms with Gasteiger partial charge in [0.15, 0.2) is 5.92 Å². The highest BCUT2D eigenvalue weighted by molar-refractivity contribution is 9.10. The van der Waals surface area contributed by atoms with Gasteiger partial charge < -0.3 is 14.2 Å². The molecular formula is C18H22BrFO6. The number of ether oxygens (including phenoxy) is 3. The molecule has 1 aromatic rings. The van der Waals surface area contributed by atoms with Gasteiger partial charge in [-0.1, -0.05) is 15.9 Å². The van der Waals surface area contributed by atoms with Gasteiger partial charge in [0.25, 0.3) is 0 Å². The van der Waals surface area contributed by atoms with E-state index in [0.717, 1.165) is 0 Å². The summed E-state index contributed by atoms with van der Waals surface area (Å²) in [4.78, 5) is 36.9. The molecule has 0 bridgehead atoms. The number of carbonyl (C=O) groups is 3. The molecule has 0 saturated heterocycles. The van der Waals surface area contributed by atoms with Gasteiger partial charge in [-0.15, -0.1) is 0 Å². The van der Waals surface area contributed by atoms with Crippen LogP contribution in [0.2, 0.25) is 0 Å². The van der Waals surface area contributed by atoms with Crippen molar-refractivity contribution in [3.05, 3.63) is 34.1 Å². The summed E-state index contributed by atoms with van der Waals surface area (Å²) in [6.45, 7) is 5.06. The summed E-state index contributed by atoms with van der Waals surface area (Å²) in [5.74, 6) is -5.28. The Kier molecular flexibility index (Phi) is 9.26. The predicted molar refractivity (Wildman–Crippen MR) is 94.8 cm³/mol. The zero-order chi connectivity index (χ0) is 19.7. The maximum absolute atomic E-state index is 13.8. The number of rotatable bonds is 9. The van der Waals surface area contributed by atoms with Gasteiger partial charge >= 0.3 is 17.9 Å². The number of hydrogen-bond donors (Lipinski definition) is 0. The first kappa shape index (κ1) is 22.1. The monoisotopic (exact) mass is 432 g/mol. The number of carbonyl (C=O) groups excluding carboxylic acids is 3. The van der Waals surface area contributed by atoms with Gasteiger partial charge in [0.2, 0.25) is 0 Å². The number of hydrogen-bond acceptors (Lipinski definition) is 6. The van der Waals surface area contributed by atoms with Gasteiger partial charge in [-0.2, -0.15) is 0 Å². The molecule has 0 aromatic heterocycles. The lowest BCUT2D eigenvalue weighted by molar-refractivity contribution is -0.163. The van der Waals surface area contributed by atoms with Crippen LogP contribution < -0.4 is 0 Å². The summed E-state index contributed by atoms with van der Waals surface area (Å²) >= 11 is 3.28. The van der Waals surface area contributed by atoms with E-state index >= 15 is 0 Å². The third kappa shape index (κ3) is 6.09. The second kappa shape index (κ2) is 10.9. The molecule has 6 nitrogen and oxygen atoms in total. The summed E-state index contributed by atoms with van der Waals surface area (Å²) < 4.78 is 29.1. The second-order valence-corrected chi connectivity index (χ2v) is 6.12. The smallest absolute Gasteiger partial charge is 0.320 e.